The summed E-state index contributed by atoms with van der Waals surface area (Å²) in [6.07, 6.45) is 3.31. The second-order valence-electron chi connectivity index (χ2n) is 19.0. The average Bonchev–Trinajstić information content (AvgIpc) is 3.98. The van der Waals surface area contributed by atoms with Crippen molar-refractivity contribution in [1.82, 2.24) is 9.97 Å². The number of pyridine rings is 2. The van der Waals surface area contributed by atoms with Gasteiger partial charge in [0.05, 0.1) is 22.7 Å². The zero-order valence-electron chi connectivity index (χ0n) is 41.7. The quantitative estimate of drug-likeness (QED) is 0.177. The first-order chi connectivity index (χ1) is 35.7. The molecule has 0 bridgehead atoms. The summed E-state index contributed by atoms with van der Waals surface area (Å²) in [6.45, 7) is 9.00. The lowest BCUT2D eigenvalue weighted by molar-refractivity contribution is 0.103. The number of hydrogen-bond donors (Lipinski definition) is 1. The maximum atomic E-state index is 13.7. The predicted octanol–water partition coefficient (Wildman–Crippen LogP) is 17.6. The molecule has 4 aromatic carbocycles. The number of carbonyl (C=O) groups is 2. The lowest BCUT2D eigenvalue weighted by atomic mass is 9.79. The van der Waals surface area contributed by atoms with Crippen LogP contribution in [0, 0.1) is 11.9 Å². The Kier molecular flexibility index (Phi) is 12.2. The Balaban J connectivity index is 0.000000159. The smallest absolute Gasteiger partial charge is 0.213 e. The van der Waals surface area contributed by atoms with Crippen LogP contribution in [-0.2, 0) is 0 Å². The van der Waals surface area contributed by atoms with E-state index in [1.54, 1.807) is 0 Å². The van der Waals surface area contributed by atoms with Gasteiger partial charge in [0.2, 0.25) is 5.95 Å². The van der Waals surface area contributed by atoms with Crippen LogP contribution in [0.3, 0.4) is 0 Å². The fraction of sp³-hybridized carbons (Fsp3) is 0.138. The van der Waals surface area contributed by atoms with Gasteiger partial charge in [-0.05, 0) is 119 Å². The van der Waals surface area contributed by atoms with Crippen molar-refractivity contribution in [2.24, 2.45) is 5.92 Å². The number of aromatic nitrogens is 2. The van der Waals surface area contributed by atoms with Gasteiger partial charge in [0.15, 0.2) is 11.6 Å². The van der Waals surface area contributed by atoms with Gasteiger partial charge in [0.1, 0.15) is 5.82 Å². The van der Waals surface area contributed by atoms with Gasteiger partial charge in [0, 0.05) is 79.6 Å². The van der Waals surface area contributed by atoms with Crippen LogP contribution in [0.2, 0.25) is 0 Å². The largest absolute Gasteiger partial charge is 0.355 e. The van der Waals surface area contributed by atoms with Crippen LogP contribution in [0.1, 0.15) is 95.8 Å². The van der Waals surface area contributed by atoms with Crippen molar-refractivity contribution in [2.75, 3.05) is 15.1 Å². The fourth-order valence-corrected chi connectivity index (χ4v) is 11.1. The Morgan fingerprint density at radius 3 is 1.44 bits per heavy atom. The van der Waals surface area contributed by atoms with Crippen LogP contribution in [-0.4, -0.2) is 27.6 Å². The van der Waals surface area contributed by atoms with Crippen LogP contribution in [0.25, 0.3) is 44.5 Å². The van der Waals surface area contributed by atoms with Gasteiger partial charge in [-0.1, -0.05) is 150 Å². The van der Waals surface area contributed by atoms with E-state index < -0.39 is 5.95 Å². The minimum Gasteiger partial charge on any atom is -0.355 e. The van der Waals surface area contributed by atoms with E-state index in [9.17, 15) is 14.0 Å². The van der Waals surface area contributed by atoms with Crippen LogP contribution in [0.15, 0.2) is 194 Å². The summed E-state index contributed by atoms with van der Waals surface area (Å²) >= 11 is 0. The van der Waals surface area contributed by atoms with Crippen molar-refractivity contribution in [2.45, 2.75) is 54.5 Å². The molecule has 0 atom stereocenters. The van der Waals surface area contributed by atoms with Crippen LogP contribution >= 0.6 is 0 Å². The van der Waals surface area contributed by atoms with Crippen molar-refractivity contribution in [3.05, 3.63) is 234 Å². The molecule has 14 rings (SSSR count). The van der Waals surface area contributed by atoms with Crippen LogP contribution < -0.4 is 15.1 Å². The molecule has 73 heavy (non-hydrogen) atoms. The second-order valence-corrected chi connectivity index (χ2v) is 19.0. The monoisotopic (exact) mass is 964 g/mol. The Bertz CT molecular complexity index is 3620. The number of rotatable bonds is 3. The molecule has 8 heteroatoms. The molecule has 364 valence electrons. The molecule has 0 saturated heterocycles. The molecule has 0 spiro atoms. The van der Waals surface area contributed by atoms with Crippen molar-refractivity contribution in [3.63, 3.8) is 0 Å². The fourth-order valence-electron chi connectivity index (χ4n) is 11.1. The normalized spacial score (nSPS) is 13.2. The zero-order valence-corrected chi connectivity index (χ0v) is 39.7. The van der Waals surface area contributed by atoms with E-state index in [1.807, 2.05) is 72.9 Å². The molecular formula is C65H60FN5O2. The number of nitrogens with one attached hydrogen (secondary N) is 1. The molecule has 0 fully saturated rings. The molecule has 6 aliphatic carbocycles. The Hall–Kier alpha value is -8.75. The van der Waals surface area contributed by atoms with E-state index >= 15 is 0 Å². The van der Waals surface area contributed by atoms with Gasteiger partial charge >= 0.3 is 0 Å². The molecule has 2 aliphatic heterocycles. The van der Waals surface area contributed by atoms with Gasteiger partial charge in [0.25, 0.3) is 0 Å². The Labute approximate surface area is 431 Å². The summed E-state index contributed by atoms with van der Waals surface area (Å²) < 4.78 is 23.2. The second kappa shape index (κ2) is 19.1. The number of para-hydroxylation sites is 6. The third-order valence-electron chi connectivity index (χ3n) is 14.1. The highest BCUT2D eigenvalue weighted by atomic mass is 19.1. The van der Waals surface area contributed by atoms with Crippen molar-refractivity contribution < 1.29 is 18.4 Å². The summed E-state index contributed by atoms with van der Waals surface area (Å²) in [7, 11) is 0. The molecule has 0 unspecified atom stereocenters. The maximum Gasteiger partial charge on any atom is 0.213 e. The van der Waals surface area contributed by atoms with Crippen LogP contribution in [0.5, 0.6) is 0 Å². The SMILES string of the molecule is C.C.CC(C)C1c2ccccc2Nc2ccccc21.CC(C)N1c2ccccc2N(c2cc3c(cn2)-c2cc4cccccc-4c2C3=O)c2ccccc21.O=C1c2cc(F)ncc2-c2cc3cccccc-3c21.[2HH].[2H][2H]. The molecule has 1 N–H and O–H groups in total. The predicted molar refractivity (Wildman–Crippen MR) is 302 cm³/mol. The van der Waals surface area contributed by atoms with E-state index in [-0.39, 0.29) is 33.9 Å². The van der Waals surface area contributed by atoms with Crippen molar-refractivity contribution in [1.29, 1.82) is 0 Å². The molecule has 2 aromatic heterocycles. The number of hydrogen-bond acceptors (Lipinski definition) is 7. The number of ketones is 2. The molecule has 0 amide bonds. The van der Waals surface area contributed by atoms with E-state index in [0.717, 1.165) is 84.2 Å². The van der Waals surface area contributed by atoms with Gasteiger partial charge < -0.3 is 10.2 Å². The van der Waals surface area contributed by atoms with E-state index in [0.29, 0.717) is 23.0 Å². The van der Waals surface area contributed by atoms with Gasteiger partial charge in [-0.2, -0.15) is 4.39 Å². The van der Waals surface area contributed by atoms with Crippen molar-refractivity contribution in [3.8, 4) is 44.5 Å². The number of carbonyl (C=O) groups excluding carboxylic acids is 2. The van der Waals surface area contributed by atoms with E-state index in [2.05, 4.69) is 157 Å². The summed E-state index contributed by atoms with van der Waals surface area (Å²) in [4.78, 5) is 39.2. The number of benzene rings is 4. The maximum absolute atomic E-state index is 13.7. The first-order valence-corrected chi connectivity index (χ1v) is 24.2. The highest BCUT2D eigenvalue weighted by Crippen LogP contribution is 2.53. The number of nitrogens with zero attached hydrogens (tertiary/aromatic N) is 4. The van der Waals surface area contributed by atoms with Gasteiger partial charge in [-0.25, -0.2) is 9.97 Å². The van der Waals surface area contributed by atoms with E-state index in [4.69, 9.17) is 7.95 Å². The summed E-state index contributed by atoms with van der Waals surface area (Å²) in [5.41, 5.74) is 19.8. The lowest BCUT2D eigenvalue weighted by Gasteiger charge is -2.41. The number of anilines is 7. The first kappa shape index (κ1) is 46.6. The minimum atomic E-state index is -0.618. The zero-order chi connectivity index (χ0) is 50.5. The summed E-state index contributed by atoms with van der Waals surface area (Å²) in [5.74, 6) is 1.20. The molecule has 0 saturated carbocycles. The summed E-state index contributed by atoms with van der Waals surface area (Å²) in [6, 6.07) is 61.3. The number of fused-ring (bicyclic) bond motifs is 14. The molecule has 4 heterocycles. The molecular weight excluding hydrogens is 902 g/mol. The Morgan fingerprint density at radius 2 is 0.932 bits per heavy atom. The average molecular weight is 965 g/mol. The lowest BCUT2D eigenvalue weighted by Crippen LogP contribution is -2.32. The van der Waals surface area contributed by atoms with Gasteiger partial charge in [-0.3, -0.25) is 14.5 Å². The summed E-state index contributed by atoms with van der Waals surface area (Å²) in [5, 5.41) is 3.53. The minimum absolute atomic E-state index is 0. The van der Waals surface area contributed by atoms with Gasteiger partial charge in [-0.15, -0.1) is 0 Å². The molecule has 6 aromatic rings. The highest BCUT2D eigenvalue weighted by molar-refractivity contribution is 6.27. The molecule has 8 aliphatic rings. The Morgan fingerprint density at radius 1 is 0.493 bits per heavy atom. The van der Waals surface area contributed by atoms with Crippen LogP contribution in [0.4, 0.5) is 44.3 Å². The molecule has 7 nitrogen and oxygen atoms in total. The van der Waals surface area contributed by atoms with Crippen molar-refractivity contribution >= 4 is 51.5 Å². The molecule has 0 radical (unpaired) electrons. The first-order valence-electron chi connectivity index (χ1n) is 25.2. The van der Waals surface area contributed by atoms with E-state index in [1.165, 1.54) is 34.8 Å². The standard InChI is InChI=1S/C31H23N3O.C16H8FNO.C16H17N.2CH4.2H2/c1-19(2)33-25-12-6-8-14-27(25)34(28-15-9-7-13-26(28)33)29-17-23-24(18-32-29)22-16-20-10-4-3-5-11-21(20)30(22)31(23)35;17-14-7-12-13(8-18-14)11-6-9-4-2-1-3-5-10(9)15(11)16(12)19;1-11(2)16-12-7-3-5-9-14(12)17-15-10-6-4-8-13(15)16;;;;/h3-19H,1-2H3;1-8H;3-11,16-17H,1-2H3;2*1H4;2*1H/i;;;;;1+1D;1+1. The third-order valence-corrected chi connectivity index (χ3v) is 14.1. The third kappa shape index (κ3) is 7.91. The topological polar surface area (TPSA) is 78.4 Å². The highest BCUT2D eigenvalue weighted by Gasteiger charge is 2.36. The number of halogens is 1.